The number of sulfone groups is 1. The van der Waals surface area contributed by atoms with Crippen molar-refractivity contribution in [1.82, 2.24) is 10.2 Å². The molecule has 0 aromatic rings. The average Bonchev–Trinajstić information content (AvgIpc) is 2.77. The molecule has 0 aromatic heterocycles. The van der Waals surface area contributed by atoms with E-state index in [0.717, 1.165) is 6.42 Å². The van der Waals surface area contributed by atoms with Gasteiger partial charge in [-0.2, -0.15) is 0 Å². The zero-order chi connectivity index (χ0) is 14.2. The molecule has 1 saturated carbocycles. The predicted octanol–water partition coefficient (Wildman–Crippen LogP) is 0.976. The number of carbonyl (C=O) groups is 1. The van der Waals surface area contributed by atoms with E-state index in [1.165, 1.54) is 25.7 Å². The van der Waals surface area contributed by atoms with Gasteiger partial charge in [-0.1, -0.05) is 12.8 Å². The smallest absolute Gasteiger partial charge is 0.239 e. The molecule has 3 aliphatic rings. The van der Waals surface area contributed by atoms with Crippen LogP contribution in [0.1, 0.15) is 38.5 Å². The molecule has 21 heavy (non-hydrogen) atoms. The molecule has 122 valence electrons. The Bertz CT molecular complexity index is 469. The average molecular weight is 337 g/mol. The van der Waals surface area contributed by atoms with Crippen molar-refractivity contribution in [3.8, 4) is 0 Å². The van der Waals surface area contributed by atoms with Crippen LogP contribution >= 0.6 is 12.4 Å². The van der Waals surface area contributed by atoms with Crippen LogP contribution in [0.3, 0.4) is 0 Å². The molecule has 0 radical (unpaired) electrons. The van der Waals surface area contributed by atoms with Crippen molar-refractivity contribution in [2.75, 3.05) is 24.6 Å². The quantitative estimate of drug-likeness (QED) is 0.775. The van der Waals surface area contributed by atoms with Gasteiger partial charge in [-0.3, -0.25) is 4.79 Å². The fourth-order valence-corrected chi connectivity index (χ4v) is 5.16. The summed E-state index contributed by atoms with van der Waals surface area (Å²) >= 11 is 0. The van der Waals surface area contributed by atoms with Gasteiger partial charge in [0.25, 0.3) is 0 Å². The number of nitrogens with one attached hydrogen (secondary N) is 1. The Morgan fingerprint density at radius 1 is 1.05 bits per heavy atom. The highest BCUT2D eigenvalue weighted by atomic mass is 35.5. The number of rotatable bonds is 1. The van der Waals surface area contributed by atoms with E-state index in [1.54, 1.807) is 4.90 Å². The highest BCUT2D eigenvalue weighted by Gasteiger charge is 2.40. The SMILES string of the molecule is Cl.O=C(C1CC2CCCCC2N1)N1CCCS(=O)(=O)CC1. The third-order valence-corrected chi connectivity index (χ3v) is 6.74. The highest BCUT2D eigenvalue weighted by molar-refractivity contribution is 7.91. The van der Waals surface area contributed by atoms with E-state index in [0.29, 0.717) is 31.5 Å². The van der Waals surface area contributed by atoms with Gasteiger partial charge in [-0.25, -0.2) is 8.42 Å². The molecular formula is C14H25ClN2O3S. The molecule has 7 heteroatoms. The summed E-state index contributed by atoms with van der Waals surface area (Å²) in [5.41, 5.74) is 0. The molecule has 0 aromatic carbocycles. The summed E-state index contributed by atoms with van der Waals surface area (Å²) in [6.45, 7) is 0.959. The lowest BCUT2D eigenvalue weighted by molar-refractivity contribution is -0.132. The summed E-state index contributed by atoms with van der Waals surface area (Å²) in [6.07, 6.45) is 6.47. The summed E-state index contributed by atoms with van der Waals surface area (Å²) < 4.78 is 23.2. The molecule has 0 spiro atoms. The van der Waals surface area contributed by atoms with Gasteiger partial charge in [0.1, 0.15) is 0 Å². The van der Waals surface area contributed by atoms with Crippen LogP contribution < -0.4 is 5.32 Å². The second kappa shape index (κ2) is 6.84. The lowest BCUT2D eigenvalue weighted by Gasteiger charge is -2.25. The normalized spacial score (nSPS) is 35.4. The minimum atomic E-state index is -2.94. The van der Waals surface area contributed by atoms with Gasteiger partial charge in [0.05, 0.1) is 17.5 Å². The van der Waals surface area contributed by atoms with Gasteiger partial charge in [-0.15, -0.1) is 12.4 Å². The van der Waals surface area contributed by atoms with Gasteiger partial charge < -0.3 is 10.2 Å². The van der Waals surface area contributed by atoms with Crippen LogP contribution in [-0.4, -0.2) is 55.9 Å². The topological polar surface area (TPSA) is 66.5 Å². The molecule has 2 heterocycles. The number of fused-ring (bicyclic) bond motifs is 1. The Kier molecular flexibility index (Phi) is 5.54. The summed E-state index contributed by atoms with van der Waals surface area (Å²) in [4.78, 5) is 14.3. The van der Waals surface area contributed by atoms with Crippen molar-refractivity contribution < 1.29 is 13.2 Å². The van der Waals surface area contributed by atoms with Crippen LogP contribution in [0.4, 0.5) is 0 Å². The maximum atomic E-state index is 12.6. The molecule has 1 amide bonds. The van der Waals surface area contributed by atoms with Crippen LogP contribution in [-0.2, 0) is 14.6 Å². The van der Waals surface area contributed by atoms with Crippen LogP contribution in [0.5, 0.6) is 0 Å². The Labute approximate surface area is 133 Å². The van der Waals surface area contributed by atoms with E-state index >= 15 is 0 Å². The number of carbonyl (C=O) groups excluding carboxylic acids is 1. The van der Waals surface area contributed by atoms with Crippen molar-refractivity contribution in [2.24, 2.45) is 5.92 Å². The monoisotopic (exact) mass is 336 g/mol. The largest absolute Gasteiger partial charge is 0.340 e. The molecule has 3 fully saturated rings. The molecule has 3 atom stereocenters. The number of halogens is 1. The first-order valence-corrected chi connectivity index (χ1v) is 9.62. The van der Waals surface area contributed by atoms with Gasteiger partial charge in [0, 0.05) is 19.1 Å². The minimum Gasteiger partial charge on any atom is -0.340 e. The van der Waals surface area contributed by atoms with Gasteiger partial charge in [0.2, 0.25) is 5.91 Å². The molecule has 1 aliphatic carbocycles. The van der Waals surface area contributed by atoms with Crippen LogP contribution in [0.15, 0.2) is 0 Å². The van der Waals surface area contributed by atoms with E-state index in [1.807, 2.05) is 0 Å². The number of amides is 1. The van der Waals surface area contributed by atoms with Crippen molar-refractivity contribution in [3.05, 3.63) is 0 Å². The molecule has 0 bridgehead atoms. The first-order valence-electron chi connectivity index (χ1n) is 7.80. The second-order valence-corrected chi connectivity index (χ2v) is 8.74. The fraction of sp³-hybridized carbons (Fsp3) is 0.929. The maximum Gasteiger partial charge on any atom is 0.239 e. The van der Waals surface area contributed by atoms with Crippen molar-refractivity contribution >= 4 is 28.2 Å². The zero-order valence-electron chi connectivity index (χ0n) is 12.3. The van der Waals surface area contributed by atoms with E-state index in [9.17, 15) is 13.2 Å². The first-order chi connectivity index (χ1) is 9.55. The lowest BCUT2D eigenvalue weighted by atomic mass is 9.85. The summed E-state index contributed by atoms with van der Waals surface area (Å²) in [6, 6.07) is 0.428. The number of nitrogens with zero attached hydrogens (tertiary/aromatic N) is 1. The molecule has 2 saturated heterocycles. The molecular weight excluding hydrogens is 312 g/mol. The molecule has 3 unspecified atom stereocenters. The Morgan fingerprint density at radius 2 is 1.81 bits per heavy atom. The molecule has 2 aliphatic heterocycles. The minimum absolute atomic E-state index is 0. The van der Waals surface area contributed by atoms with Crippen LogP contribution in [0.25, 0.3) is 0 Å². The summed E-state index contributed by atoms with van der Waals surface area (Å²) in [5.74, 6) is 1.11. The highest BCUT2D eigenvalue weighted by Crippen LogP contribution is 2.33. The fourth-order valence-electron chi connectivity index (χ4n) is 3.89. The lowest BCUT2D eigenvalue weighted by Crippen LogP contribution is -2.46. The number of hydrogen-bond acceptors (Lipinski definition) is 4. The van der Waals surface area contributed by atoms with Gasteiger partial charge >= 0.3 is 0 Å². The molecule has 5 nitrogen and oxygen atoms in total. The molecule has 3 rings (SSSR count). The third kappa shape index (κ3) is 3.90. The summed E-state index contributed by atoms with van der Waals surface area (Å²) in [5, 5.41) is 3.49. The Hall–Kier alpha value is -0.330. The predicted molar refractivity (Wildman–Crippen MR) is 84.4 cm³/mol. The van der Waals surface area contributed by atoms with Gasteiger partial charge in [-0.05, 0) is 31.6 Å². The van der Waals surface area contributed by atoms with Crippen molar-refractivity contribution in [1.29, 1.82) is 0 Å². The zero-order valence-corrected chi connectivity index (χ0v) is 13.9. The first kappa shape index (κ1) is 17.0. The summed E-state index contributed by atoms with van der Waals surface area (Å²) in [7, 11) is -2.94. The molecule has 1 N–H and O–H groups in total. The maximum absolute atomic E-state index is 12.6. The van der Waals surface area contributed by atoms with E-state index in [2.05, 4.69) is 5.32 Å². The van der Waals surface area contributed by atoms with Crippen molar-refractivity contribution in [2.45, 2.75) is 50.6 Å². The van der Waals surface area contributed by atoms with Crippen LogP contribution in [0.2, 0.25) is 0 Å². The van der Waals surface area contributed by atoms with E-state index in [-0.39, 0.29) is 35.9 Å². The third-order valence-electron chi connectivity index (χ3n) is 5.03. The van der Waals surface area contributed by atoms with E-state index in [4.69, 9.17) is 0 Å². The second-order valence-electron chi connectivity index (χ2n) is 6.44. The Morgan fingerprint density at radius 3 is 2.57 bits per heavy atom. The number of hydrogen-bond donors (Lipinski definition) is 1. The Balaban J connectivity index is 0.00000161. The standard InChI is InChI=1S/C14H24N2O3S.ClH/c17-14(16-6-3-8-20(18,19)9-7-16)13-10-11-4-1-2-5-12(11)15-13;/h11-13,15H,1-10H2;1H. The van der Waals surface area contributed by atoms with Gasteiger partial charge in [0.15, 0.2) is 9.84 Å². The van der Waals surface area contributed by atoms with Crippen LogP contribution in [0, 0.1) is 5.92 Å². The van der Waals surface area contributed by atoms with E-state index < -0.39 is 9.84 Å². The van der Waals surface area contributed by atoms with Crippen molar-refractivity contribution in [3.63, 3.8) is 0 Å².